The van der Waals surface area contributed by atoms with Crippen LogP contribution in [0.5, 0.6) is 5.75 Å². The molecule has 0 saturated carbocycles. The van der Waals surface area contributed by atoms with E-state index in [0.717, 1.165) is 22.0 Å². The van der Waals surface area contributed by atoms with Crippen LogP contribution in [0.3, 0.4) is 0 Å². The van der Waals surface area contributed by atoms with Gasteiger partial charge in [-0.25, -0.2) is 4.98 Å². The van der Waals surface area contributed by atoms with Gasteiger partial charge in [0.2, 0.25) is 0 Å². The second-order valence-corrected chi connectivity index (χ2v) is 4.14. The van der Waals surface area contributed by atoms with E-state index in [4.69, 9.17) is 0 Å². The minimum absolute atomic E-state index is 0.297. The maximum Gasteiger partial charge on any atom is 0.116 e. The number of fused-ring (bicyclic) bond motifs is 1. The van der Waals surface area contributed by atoms with Gasteiger partial charge in [0.05, 0.1) is 18.2 Å². The Morgan fingerprint density at radius 3 is 2.59 bits per heavy atom. The van der Waals surface area contributed by atoms with Crippen LogP contribution in [0.1, 0.15) is 0 Å². The summed E-state index contributed by atoms with van der Waals surface area (Å²) in [5, 5.41) is 11.6. The summed E-state index contributed by atoms with van der Waals surface area (Å²) in [6, 6.07) is 11.5. The highest BCUT2D eigenvalue weighted by atomic mass is 16.3. The van der Waals surface area contributed by atoms with Crippen molar-refractivity contribution in [2.24, 2.45) is 7.05 Å². The van der Waals surface area contributed by atoms with Crippen molar-refractivity contribution < 1.29 is 5.11 Å². The third-order valence-electron chi connectivity index (χ3n) is 2.94. The molecule has 0 bridgehead atoms. The minimum atomic E-state index is 0.297. The second kappa shape index (κ2) is 3.63. The van der Waals surface area contributed by atoms with E-state index in [1.807, 2.05) is 36.0 Å². The Morgan fingerprint density at radius 1 is 1.06 bits per heavy atom. The molecule has 0 atom stereocenters. The second-order valence-electron chi connectivity index (χ2n) is 4.14. The predicted octanol–water partition coefficient (Wildman–Crippen LogP) is 2.95. The minimum Gasteiger partial charge on any atom is -0.508 e. The molecule has 0 fully saturated rings. The standard InChI is InChI=1S/C14H12N2O/c1-16-9-15-8-14(16)12-3-2-11-7-13(17)5-4-10(11)6-12/h2-9,17H,1H3. The number of phenols is 1. The normalized spacial score (nSPS) is 10.9. The summed E-state index contributed by atoms with van der Waals surface area (Å²) >= 11 is 0. The third kappa shape index (κ3) is 1.65. The van der Waals surface area contributed by atoms with Crippen molar-refractivity contribution in [1.82, 2.24) is 9.55 Å². The van der Waals surface area contributed by atoms with Gasteiger partial charge in [0, 0.05) is 12.6 Å². The molecule has 2 aromatic carbocycles. The molecule has 0 radical (unpaired) electrons. The van der Waals surface area contributed by atoms with E-state index >= 15 is 0 Å². The van der Waals surface area contributed by atoms with Crippen molar-refractivity contribution in [2.45, 2.75) is 0 Å². The molecule has 3 heteroatoms. The van der Waals surface area contributed by atoms with E-state index < -0.39 is 0 Å². The monoisotopic (exact) mass is 224 g/mol. The first-order chi connectivity index (χ1) is 8.24. The molecule has 3 nitrogen and oxygen atoms in total. The van der Waals surface area contributed by atoms with E-state index in [2.05, 4.69) is 11.1 Å². The Morgan fingerprint density at radius 2 is 1.82 bits per heavy atom. The maximum absolute atomic E-state index is 9.41. The molecule has 3 aromatic rings. The highest BCUT2D eigenvalue weighted by Gasteiger charge is 2.03. The van der Waals surface area contributed by atoms with Gasteiger partial charge in [-0.1, -0.05) is 18.2 Å². The van der Waals surface area contributed by atoms with Crippen molar-refractivity contribution in [3.63, 3.8) is 0 Å². The molecule has 0 amide bonds. The van der Waals surface area contributed by atoms with Gasteiger partial charge in [-0.15, -0.1) is 0 Å². The number of aromatic nitrogens is 2. The number of benzene rings is 2. The van der Waals surface area contributed by atoms with Crippen molar-refractivity contribution >= 4 is 10.8 Å². The number of phenolic OH excluding ortho intramolecular Hbond substituents is 1. The first-order valence-electron chi connectivity index (χ1n) is 5.43. The first kappa shape index (κ1) is 9.90. The highest BCUT2D eigenvalue weighted by molar-refractivity contribution is 5.87. The summed E-state index contributed by atoms with van der Waals surface area (Å²) in [5.41, 5.74) is 2.21. The first-order valence-corrected chi connectivity index (χ1v) is 5.43. The Balaban J connectivity index is 2.20. The van der Waals surface area contributed by atoms with Gasteiger partial charge in [0.1, 0.15) is 5.75 Å². The van der Waals surface area contributed by atoms with Crippen LogP contribution in [0.4, 0.5) is 0 Å². The quantitative estimate of drug-likeness (QED) is 0.690. The molecule has 0 spiro atoms. The number of hydrogen-bond donors (Lipinski definition) is 1. The van der Waals surface area contributed by atoms with Crippen molar-refractivity contribution in [3.05, 3.63) is 48.9 Å². The average Bonchev–Trinajstić information content (AvgIpc) is 2.75. The summed E-state index contributed by atoms with van der Waals surface area (Å²) in [4.78, 5) is 4.12. The molecule has 1 N–H and O–H groups in total. The Hall–Kier alpha value is -2.29. The topological polar surface area (TPSA) is 38.0 Å². The van der Waals surface area contributed by atoms with Crippen molar-refractivity contribution in [1.29, 1.82) is 0 Å². The van der Waals surface area contributed by atoms with Crippen LogP contribution in [-0.2, 0) is 7.05 Å². The van der Waals surface area contributed by atoms with Gasteiger partial charge in [-0.3, -0.25) is 0 Å². The number of nitrogens with zero attached hydrogens (tertiary/aromatic N) is 2. The fourth-order valence-electron chi connectivity index (χ4n) is 2.03. The lowest BCUT2D eigenvalue weighted by Crippen LogP contribution is -1.88. The van der Waals surface area contributed by atoms with Gasteiger partial charge in [-0.05, 0) is 29.0 Å². The molecule has 17 heavy (non-hydrogen) atoms. The van der Waals surface area contributed by atoms with Crippen LogP contribution in [0.2, 0.25) is 0 Å². The number of aromatic hydroxyl groups is 1. The van der Waals surface area contributed by atoms with E-state index in [1.54, 1.807) is 18.5 Å². The van der Waals surface area contributed by atoms with Gasteiger partial charge in [-0.2, -0.15) is 0 Å². The maximum atomic E-state index is 9.41. The highest BCUT2D eigenvalue weighted by Crippen LogP contribution is 2.26. The molecule has 84 valence electrons. The molecule has 1 heterocycles. The summed E-state index contributed by atoms with van der Waals surface area (Å²) < 4.78 is 1.99. The number of rotatable bonds is 1. The van der Waals surface area contributed by atoms with Crippen LogP contribution in [0.15, 0.2) is 48.9 Å². The zero-order chi connectivity index (χ0) is 11.8. The fraction of sp³-hybridized carbons (Fsp3) is 0.0714. The van der Waals surface area contributed by atoms with Crippen LogP contribution >= 0.6 is 0 Å². The predicted molar refractivity (Wildman–Crippen MR) is 67.8 cm³/mol. The van der Waals surface area contributed by atoms with Gasteiger partial charge in [0.15, 0.2) is 0 Å². The third-order valence-corrected chi connectivity index (χ3v) is 2.94. The SMILES string of the molecule is Cn1cncc1-c1ccc2cc(O)ccc2c1. The molecular formula is C14H12N2O. The smallest absolute Gasteiger partial charge is 0.116 e. The Bertz CT molecular complexity index is 686. The average molecular weight is 224 g/mol. The lowest BCUT2D eigenvalue weighted by atomic mass is 10.1. The summed E-state index contributed by atoms with van der Waals surface area (Å²) in [6.45, 7) is 0. The molecule has 0 aliphatic heterocycles. The van der Waals surface area contributed by atoms with Gasteiger partial charge in [0.25, 0.3) is 0 Å². The van der Waals surface area contributed by atoms with Crippen LogP contribution in [0.25, 0.3) is 22.0 Å². The summed E-state index contributed by atoms with van der Waals surface area (Å²) in [6.07, 6.45) is 3.64. The van der Waals surface area contributed by atoms with Gasteiger partial charge >= 0.3 is 0 Å². The van der Waals surface area contributed by atoms with Crippen molar-refractivity contribution in [2.75, 3.05) is 0 Å². The molecule has 0 aliphatic carbocycles. The molecule has 0 aliphatic rings. The van der Waals surface area contributed by atoms with Crippen molar-refractivity contribution in [3.8, 4) is 17.0 Å². The lowest BCUT2D eigenvalue weighted by molar-refractivity contribution is 0.476. The van der Waals surface area contributed by atoms with E-state index in [9.17, 15) is 5.11 Å². The number of aryl methyl sites for hydroxylation is 1. The van der Waals surface area contributed by atoms with E-state index in [0.29, 0.717) is 5.75 Å². The number of imidazole rings is 1. The molecular weight excluding hydrogens is 212 g/mol. The zero-order valence-electron chi connectivity index (χ0n) is 9.46. The van der Waals surface area contributed by atoms with Crippen LogP contribution in [-0.4, -0.2) is 14.7 Å². The summed E-state index contributed by atoms with van der Waals surface area (Å²) in [5.74, 6) is 0.297. The molecule has 0 unspecified atom stereocenters. The molecule has 0 saturated heterocycles. The summed E-state index contributed by atoms with van der Waals surface area (Å²) in [7, 11) is 1.98. The molecule has 1 aromatic heterocycles. The van der Waals surface area contributed by atoms with E-state index in [-0.39, 0.29) is 0 Å². The fourth-order valence-corrected chi connectivity index (χ4v) is 2.03. The number of hydrogen-bond acceptors (Lipinski definition) is 2. The zero-order valence-corrected chi connectivity index (χ0v) is 9.46. The van der Waals surface area contributed by atoms with Crippen LogP contribution < -0.4 is 0 Å². The lowest BCUT2D eigenvalue weighted by Gasteiger charge is -2.05. The Kier molecular flexibility index (Phi) is 2.11. The van der Waals surface area contributed by atoms with Crippen LogP contribution in [0, 0.1) is 0 Å². The largest absolute Gasteiger partial charge is 0.508 e. The molecule has 3 rings (SSSR count). The van der Waals surface area contributed by atoms with Gasteiger partial charge < -0.3 is 9.67 Å². The van der Waals surface area contributed by atoms with E-state index in [1.165, 1.54) is 0 Å². The Labute approximate surface area is 99.0 Å².